The molecule has 17 heavy (non-hydrogen) atoms. The summed E-state index contributed by atoms with van der Waals surface area (Å²) in [6.07, 6.45) is 2.28. The summed E-state index contributed by atoms with van der Waals surface area (Å²) in [4.78, 5) is 15.5. The number of rotatable bonds is 3. The van der Waals surface area contributed by atoms with E-state index >= 15 is 0 Å². The molecule has 88 valence electrons. The molecule has 1 unspecified atom stereocenters. The van der Waals surface area contributed by atoms with E-state index in [2.05, 4.69) is 4.85 Å². The summed E-state index contributed by atoms with van der Waals surface area (Å²) in [6, 6.07) is 7.53. The number of benzene rings is 1. The van der Waals surface area contributed by atoms with Crippen LogP contribution in [0.25, 0.3) is 4.85 Å². The molecule has 1 aliphatic rings. The number of ketones is 1. The Morgan fingerprint density at radius 2 is 2.12 bits per heavy atom. The largest absolute Gasteiger partial charge is 0.497 e. The van der Waals surface area contributed by atoms with Gasteiger partial charge >= 0.3 is 0 Å². The Balaban J connectivity index is 2.39. The molecule has 1 aromatic rings. The summed E-state index contributed by atoms with van der Waals surface area (Å²) < 4.78 is 5.11. The van der Waals surface area contributed by atoms with E-state index in [-0.39, 0.29) is 12.3 Å². The number of ether oxygens (including phenoxy) is 1. The van der Waals surface area contributed by atoms with Gasteiger partial charge < -0.3 is 9.58 Å². The first-order valence-electron chi connectivity index (χ1n) is 5.74. The highest BCUT2D eigenvalue weighted by molar-refractivity contribution is 5.92. The molecule has 1 aliphatic carbocycles. The highest BCUT2D eigenvalue weighted by Gasteiger charge is 2.46. The van der Waals surface area contributed by atoms with E-state index in [0.717, 1.165) is 24.2 Å². The fourth-order valence-corrected chi connectivity index (χ4v) is 2.54. The molecule has 0 bridgehead atoms. The third-order valence-electron chi connectivity index (χ3n) is 3.53. The molecule has 1 aromatic carbocycles. The lowest BCUT2D eigenvalue weighted by Gasteiger charge is -2.22. The monoisotopic (exact) mass is 229 g/mol. The van der Waals surface area contributed by atoms with Crippen molar-refractivity contribution in [3.63, 3.8) is 0 Å². The Morgan fingerprint density at radius 3 is 2.59 bits per heavy atom. The maximum atomic E-state index is 12.1. The maximum Gasteiger partial charge on any atom is 0.231 e. The maximum absolute atomic E-state index is 12.1. The average molecular weight is 229 g/mol. The minimum Gasteiger partial charge on any atom is -0.497 e. The first kappa shape index (κ1) is 11.7. The number of carbonyl (C=O) groups is 1. The minimum absolute atomic E-state index is 0.207. The van der Waals surface area contributed by atoms with Crippen LogP contribution in [0.2, 0.25) is 0 Å². The van der Waals surface area contributed by atoms with Gasteiger partial charge in [0, 0.05) is 6.42 Å². The molecule has 0 saturated heterocycles. The number of nitrogens with zero attached hydrogens (tertiary/aromatic N) is 1. The van der Waals surface area contributed by atoms with Crippen molar-refractivity contribution in [3.05, 3.63) is 41.2 Å². The number of carbonyl (C=O) groups excluding carboxylic acids is 1. The van der Waals surface area contributed by atoms with Crippen LogP contribution in [0.1, 0.15) is 24.8 Å². The predicted molar refractivity (Wildman–Crippen MR) is 65.0 cm³/mol. The normalized spacial score (nSPS) is 23.4. The molecule has 0 spiro atoms. The average Bonchev–Trinajstić information content (AvgIpc) is 2.73. The fourth-order valence-electron chi connectivity index (χ4n) is 2.54. The van der Waals surface area contributed by atoms with Gasteiger partial charge in [-0.2, -0.15) is 0 Å². The van der Waals surface area contributed by atoms with Crippen molar-refractivity contribution in [2.45, 2.75) is 24.7 Å². The van der Waals surface area contributed by atoms with E-state index in [9.17, 15) is 4.79 Å². The molecular weight excluding hydrogens is 214 g/mol. The number of Topliss-reactive ketones (excluding diaryl/α,β-unsaturated/α-hetero) is 1. The van der Waals surface area contributed by atoms with Gasteiger partial charge in [-0.05, 0) is 30.5 Å². The lowest BCUT2D eigenvalue weighted by atomic mass is 9.78. The lowest BCUT2D eigenvalue weighted by molar-refractivity contribution is -0.121. The Morgan fingerprint density at radius 1 is 1.41 bits per heavy atom. The fraction of sp³-hybridized carbons (Fsp3) is 0.429. The zero-order valence-electron chi connectivity index (χ0n) is 9.90. The molecule has 1 atom stereocenters. The van der Waals surface area contributed by atoms with E-state index < -0.39 is 5.41 Å². The molecule has 1 saturated carbocycles. The lowest BCUT2D eigenvalue weighted by Crippen LogP contribution is -2.33. The molecule has 0 N–H and O–H groups in total. The zero-order valence-corrected chi connectivity index (χ0v) is 9.90. The first-order valence-corrected chi connectivity index (χ1v) is 5.74. The van der Waals surface area contributed by atoms with Crippen molar-refractivity contribution >= 4 is 5.78 Å². The van der Waals surface area contributed by atoms with Crippen LogP contribution in [-0.4, -0.2) is 19.4 Å². The van der Waals surface area contributed by atoms with Crippen LogP contribution in [0.4, 0.5) is 0 Å². The summed E-state index contributed by atoms with van der Waals surface area (Å²) in [5.74, 6) is 0.982. The van der Waals surface area contributed by atoms with Crippen molar-refractivity contribution < 1.29 is 9.53 Å². The molecule has 3 nitrogen and oxygen atoms in total. The van der Waals surface area contributed by atoms with Crippen LogP contribution in [0.3, 0.4) is 0 Å². The van der Waals surface area contributed by atoms with Gasteiger partial charge in [-0.15, -0.1) is 0 Å². The minimum atomic E-state index is -0.561. The molecule has 2 rings (SSSR count). The van der Waals surface area contributed by atoms with E-state index in [4.69, 9.17) is 11.3 Å². The quantitative estimate of drug-likeness (QED) is 0.746. The number of hydrogen-bond donors (Lipinski definition) is 0. The first-order chi connectivity index (χ1) is 8.23. The van der Waals surface area contributed by atoms with Crippen molar-refractivity contribution in [3.8, 4) is 5.75 Å². The van der Waals surface area contributed by atoms with Crippen molar-refractivity contribution in [2.75, 3.05) is 13.7 Å². The summed E-state index contributed by atoms with van der Waals surface area (Å²) in [5.41, 5.74) is 0.394. The molecule has 0 amide bonds. The molecule has 0 heterocycles. The van der Waals surface area contributed by atoms with E-state index in [1.54, 1.807) is 7.11 Å². The van der Waals surface area contributed by atoms with Gasteiger partial charge in [0.15, 0.2) is 5.78 Å². The summed E-state index contributed by atoms with van der Waals surface area (Å²) in [5, 5.41) is 0. The van der Waals surface area contributed by atoms with Crippen LogP contribution in [0, 0.1) is 6.57 Å². The summed E-state index contributed by atoms with van der Waals surface area (Å²) in [7, 11) is 1.62. The van der Waals surface area contributed by atoms with Crippen LogP contribution in [-0.2, 0) is 10.2 Å². The molecule has 0 aliphatic heterocycles. The second-order valence-electron chi connectivity index (χ2n) is 4.40. The van der Waals surface area contributed by atoms with Crippen LogP contribution in [0.5, 0.6) is 5.75 Å². The third kappa shape index (κ3) is 1.91. The van der Waals surface area contributed by atoms with Gasteiger partial charge in [-0.25, -0.2) is 6.57 Å². The molecule has 3 heteroatoms. The summed E-state index contributed by atoms with van der Waals surface area (Å²) in [6.45, 7) is 7.32. The Labute approximate surface area is 101 Å². The van der Waals surface area contributed by atoms with Crippen LogP contribution < -0.4 is 4.74 Å². The zero-order chi connectivity index (χ0) is 12.3. The third-order valence-corrected chi connectivity index (χ3v) is 3.53. The second-order valence-corrected chi connectivity index (χ2v) is 4.40. The second kappa shape index (κ2) is 4.58. The molecule has 0 aromatic heterocycles. The van der Waals surface area contributed by atoms with Crippen LogP contribution >= 0.6 is 0 Å². The Hall–Kier alpha value is -1.82. The SMILES string of the molecule is [C-]#[N+]CC1(c2ccc(OC)cc2)CCCC1=O. The predicted octanol–water partition coefficient (Wildman–Crippen LogP) is 2.61. The van der Waals surface area contributed by atoms with Gasteiger partial charge in [0.2, 0.25) is 6.54 Å². The summed E-state index contributed by atoms with van der Waals surface area (Å²) >= 11 is 0. The smallest absolute Gasteiger partial charge is 0.231 e. The number of methoxy groups -OCH3 is 1. The topological polar surface area (TPSA) is 30.7 Å². The Bertz CT molecular complexity index is 458. The number of hydrogen-bond acceptors (Lipinski definition) is 2. The molecule has 0 radical (unpaired) electrons. The Kier molecular flexibility index (Phi) is 3.14. The van der Waals surface area contributed by atoms with Crippen molar-refractivity contribution in [1.82, 2.24) is 0 Å². The van der Waals surface area contributed by atoms with Crippen LogP contribution in [0.15, 0.2) is 24.3 Å². The highest BCUT2D eigenvalue weighted by atomic mass is 16.5. The molecule has 1 fully saturated rings. The van der Waals surface area contributed by atoms with Gasteiger partial charge in [-0.1, -0.05) is 12.1 Å². The van der Waals surface area contributed by atoms with E-state index in [1.165, 1.54) is 0 Å². The van der Waals surface area contributed by atoms with E-state index in [1.807, 2.05) is 24.3 Å². The standard InChI is InChI=1S/C14H15NO2/c1-15-10-14(9-3-4-13(14)16)11-5-7-12(17-2)8-6-11/h5-8H,3-4,9-10H2,2H3. The van der Waals surface area contributed by atoms with Crippen molar-refractivity contribution in [2.24, 2.45) is 0 Å². The van der Waals surface area contributed by atoms with Gasteiger partial charge in [-0.3, -0.25) is 4.79 Å². The van der Waals surface area contributed by atoms with Crippen molar-refractivity contribution in [1.29, 1.82) is 0 Å². The molecular formula is C14H15NO2. The van der Waals surface area contributed by atoms with Gasteiger partial charge in [0.25, 0.3) is 0 Å². The highest BCUT2D eigenvalue weighted by Crippen LogP contribution is 2.39. The van der Waals surface area contributed by atoms with Gasteiger partial charge in [0.05, 0.1) is 7.11 Å². The van der Waals surface area contributed by atoms with Gasteiger partial charge in [0.1, 0.15) is 11.2 Å². The van der Waals surface area contributed by atoms with E-state index in [0.29, 0.717) is 6.42 Å².